The SMILES string of the molecule is CC/C=C\C/C=C\C/C=C\C/C=C\CCCCC(=O)O[C@H](COCCCCCCCCCCCCCCCCCC)COC(=O)CCCCCC/C=C\C/C=C\C/C=C\CCCCC. The summed E-state index contributed by atoms with van der Waals surface area (Å²) in [6.45, 7) is 7.64. The molecule has 0 fully saturated rings. The van der Waals surface area contributed by atoms with Crippen molar-refractivity contribution >= 4 is 11.9 Å². The van der Waals surface area contributed by atoms with E-state index in [1.165, 1.54) is 116 Å². The van der Waals surface area contributed by atoms with Crippen LogP contribution < -0.4 is 0 Å². The van der Waals surface area contributed by atoms with Crippen molar-refractivity contribution in [1.82, 2.24) is 0 Å². The fourth-order valence-corrected chi connectivity index (χ4v) is 7.39. The molecule has 1 atom stereocenters. The molecule has 0 radical (unpaired) electrons. The lowest BCUT2D eigenvalue weighted by molar-refractivity contribution is -0.163. The minimum absolute atomic E-state index is 0.0555. The summed E-state index contributed by atoms with van der Waals surface area (Å²) in [5.74, 6) is -0.466. The van der Waals surface area contributed by atoms with Crippen LogP contribution in [0.3, 0.4) is 0 Å². The number of carbonyl (C=O) groups excluding carboxylic acids is 2. The van der Waals surface area contributed by atoms with Gasteiger partial charge in [-0.3, -0.25) is 9.59 Å². The largest absolute Gasteiger partial charge is 0.462 e. The van der Waals surface area contributed by atoms with Gasteiger partial charge < -0.3 is 14.2 Å². The van der Waals surface area contributed by atoms with Crippen LogP contribution in [-0.4, -0.2) is 37.9 Å². The molecule has 0 rings (SSSR count). The molecular weight excluding hydrogens is 789 g/mol. The third kappa shape index (κ3) is 51.7. The highest BCUT2D eigenvalue weighted by molar-refractivity contribution is 5.70. The van der Waals surface area contributed by atoms with Gasteiger partial charge in [0.25, 0.3) is 0 Å². The minimum Gasteiger partial charge on any atom is -0.462 e. The first-order valence-electron chi connectivity index (χ1n) is 27.1. The van der Waals surface area contributed by atoms with E-state index in [4.69, 9.17) is 14.2 Å². The maximum atomic E-state index is 12.8. The Bertz CT molecular complexity index is 1190. The Morgan fingerprint density at radius 2 is 0.703 bits per heavy atom. The van der Waals surface area contributed by atoms with E-state index >= 15 is 0 Å². The van der Waals surface area contributed by atoms with E-state index in [1.807, 2.05) is 0 Å². The Labute approximate surface area is 397 Å². The maximum absolute atomic E-state index is 12.8. The first kappa shape index (κ1) is 61.1. The van der Waals surface area contributed by atoms with Gasteiger partial charge in [0.2, 0.25) is 0 Å². The Hall–Kier alpha value is -2.92. The van der Waals surface area contributed by atoms with Crippen LogP contribution in [0.1, 0.15) is 252 Å². The third-order valence-corrected chi connectivity index (χ3v) is 11.4. The summed E-state index contributed by atoms with van der Waals surface area (Å²) in [4.78, 5) is 25.4. The van der Waals surface area contributed by atoms with Crippen LogP contribution in [0.5, 0.6) is 0 Å². The van der Waals surface area contributed by atoms with Crippen LogP contribution in [0.25, 0.3) is 0 Å². The summed E-state index contributed by atoms with van der Waals surface area (Å²) in [5.41, 5.74) is 0. The van der Waals surface area contributed by atoms with Gasteiger partial charge in [0.05, 0.1) is 6.61 Å². The molecule has 368 valence electrons. The van der Waals surface area contributed by atoms with Gasteiger partial charge in [-0.2, -0.15) is 0 Å². The van der Waals surface area contributed by atoms with Crippen LogP contribution >= 0.6 is 0 Å². The Balaban J connectivity index is 4.37. The lowest BCUT2D eigenvalue weighted by Crippen LogP contribution is -2.30. The number of carbonyl (C=O) groups is 2. The summed E-state index contributed by atoms with van der Waals surface area (Å²) < 4.78 is 17.4. The molecule has 0 aliphatic heterocycles. The molecule has 0 bridgehead atoms. The molecule has 0 heterocycles. The minimum atomic E-state index is -0.569. The summed E-state index contributed by atoms with van der Waals surface area (Å²) in [7, 11) is 0. The van der Waals surface area contributed by atoms with Crippen LogP contribution in [0.2, 0.25) is 0 Å². The molecule has 64 heavy (non-hydrogen) atoms. The zero-order valence-corrected chi connectivity index (χ0v) is 42.3. The van der Waals surface area contributed by atoms with Gasteiger partial charge in [-0.25, -0.2) is 0 Å². The summed E-state index contributed by atoms with van der Waals surface area (Å²) >= 11 is 0. The second-order valence-corrected chi connectivity index (χ2v) is 17.8. The van der Waals surface area contributed by atoms with E-state index in [1.54, 1.807) is 0 Å². The summed E-state index contributed by atoms with van der Waals surface area (Å²) in [6.07, 6.45) is 71.7. The number of allylic oxidation sites excluding steroid dienone is 14. The average Bonchev–Trinajstić information content (AvgIpc) is 3.30. The number of esters is 2. The molecule has 0 aromatic rings. The van der Waals surface area contributed by atoms with Gasteiger partial charge in [-0.15, -0.1) is 0 Å². The molecule has 0 aromatic carbocycles. The lowest BCUT2D eigenvalue weighted by Gasteiger charge is -2.18. The van der Waals surface area contributed by atoms with Gasteiger partial charge in [0.1, 0.15) is 6.61 Å². The number of hydrogen-bond donors (Lipinski definition) is 0. The molecule has 0 N–H and O–H groups in total. The summed E-state index contributed by atoms with van der Waals surface area (Å²) in [5, 5.41) is 0. The van der Waals surface area contributed by atoms with E-state index < -0.39 is 6.10 Å². The second-order valence-electron chi connectivity index (χ2n) is 17.8. The molecule has 0 saturated carbocycles. The monoisotopic (exact) mass is 891 g/mol. The fourth-order valence-electron chi connectivity index (χ4n) is 7.39. The van der Waals surface area contributed by atoms with Crippen LogP contribution in [-0.2, 0) is 23.8 Å². The van der Waals surface area contributed by atoms with Crippen molar-refractivity contribution in [2.24, 2.45) is 0 Å². The molecule has 5 nitrogen and oxygen atoms in total. The van der Waals surface area contributed by atoms with Crippen molar-refractivity contribution < 1.29 is 23.8 Å². The van der Waals surface area contributed by atoms with Gasteiger partial charge >= 0.3 is 11.9 Å². The third-order valence-electron chi connectivity index (χ3n) is 11.4. The van der Waals surface area contributed by atoms with Crippen LogP contribution in [0, 0.1) is 0 Å². The molecule has 0 aromatic heterocycles. The van der Waals surface area contributed by atoms with Crippen molar-refractivity contribution in [3.05, 3.63) is 85.1 Å². The number of ether oxygens (including phenoxy) is 3. The van der Waals surface area contributed by atoms with Crippen molar-refractivity contribution in [1.29, 1.82) is 0 Å². The van der Waals surface area contributed by atoms with E-state index in [0.717, 1.165) is 103 Å². The zero-order valence-electron chi connectivity index (χ0n) is 42.3. The van der Waals surface area contributed by atoms with E-state index in [9.17, 15) is 9.59 Å². The molecule has 0 saturated heterocycles. The first-order chi connectivity index (χ1) is 31.6. The van der Waals surface area contributed by atoms with E-state index in [2.05, 4.69) is 106 Å². The van der Waals surface area contributed by atoms with Crippen molar-refractivity contribution in [3.63, 3.8) is 0 Å². The zero-order chi connectivity index (χ0) is 46.3. The van der Waals surface area contributed by atoms with Crippen molar-refractivity contribution in [3.8, 4) is 0 Å². The number of rotatable bonds is 49. The lowest BCUT2D eigenvalue weighted by atomic mass is 10.0. The number of unbranched alkanes of at least 4 members (excludes halogenated alkanes) is 24. The first-order valence-corrected chi connectivity index (χ1v) is 27.1. The van der Waals surface area contributed by atoms with Crippen molar-refractivity contribution in [2.45, 2.75) is 258 Å². The average molecular weight is 891 g/mol. The van der Waals surface area contributed by atoms with Crippen LogP contribution in [0.15, 0.2) is 85.1 Å². The molecule has 5 heteroatoms. The molecule has 0 aliphatic carbocycles. The Kier molecular flexibility index (Phi) is 51.9. The van der Waals surface area contributed by atoms with E-state index in [0.29, 0.717) is 19.4 Å². The highest BCUT2D eigenvalue weighted by atomic mass is 16.6. The predicted octanol–water partition coefficient (Wildman–Crippen LogP) is 18.5. The van der Waals surface area contributed by atoms with Gasteiger partial charge in [-0.05, 0) is 96.3 Å². The molecule has 0 spiro atoms. The fraction of sp³-hybridized carbons (Fsp3) is 0.729. The van der Waals surface area contributed by atoms with Crippen molar-refractivity contribution in [2.75, 3.05) is 19.8 Å². The molecule has 0 aliphatic rings. The maximum Gasteiger partial charge on any atom is 0.306 e. The molecule has 0 unspecified atom stereocenters. The molecular formula is C59H102O5. The second kappa shape index (κ2) is 54.4. The highest BCUT2D eigenvalue weighted by Gasteiger charge is 2.17. The van der Waals surface area contributed by atoms with Gasteiger partial charge in [-0.1, -0.05) is 228 Å². The van der Waals surface area contributed by atoms with Gasteiger partial charge in [0.15, 0.2) is 6.10 Å². The Morgan fingerprint density at radius 3 is 1.19 bits per heavy atom. The molecule has 0 amide bonds. The highest BCUT2D eigenvalue weighted by Crippen LogP contribution is 2.15. The Morgan fingerprint density at radius 1 is 0.359 bits per heavy atom. The normalized spacial score (nSPS) is 12.9. The topological polar surface area (TPSA) is 61.8 Å². The summed E-state index contributed by atoms with van der Waals surface area (Å²) in [6, 6.07) is 0. The van der Waals surface area contributed by atoms with Gasteiger partial charge in [0, 0.05) is 19.4 Å². The van der Waals surface area contributed by atoms with Crippen LogP contribution in [0.4, 0.5) is 0 Å². The smallest absolute Gasteiger partial charge is 0.306 e. The van der Waals surface area contributed by atoms with E-state index in [-0.39, 0.29) is 25.2 Å². The quantitative estimate of drug-likeness (QED) is 0.0346. The standard InChI is InChI=1S/C59H102O5/c1-4-7-10-13-16-19-22-25-28-30-32-34-37-40-43-46-49-52-58(60)63-56-57(55-62-54-51-48-45-42-39-36-33-29-26-23-20-17-14-11-8-5-2)64-59(61)53-50-47-44-41-38-35-31-27-24-21-18-15-12-9-6-3/h9,12,16,18-19,21,25,27-28,31-32,34,38,41,57H,4-8,10-11,13-15,17,20,22-24,26,29-30,33,35-37,39-40,42-56H2,1-3H3/b12-9-,19-16-,21-18-,28-25-,31-27-,34-32-,41-38-/t57-/m1/s1. The predicted molar refractivity (Wildman–Crippen MR) is 279 cm³/mol. The number of hydrogen-bond acceptors (Lipinski definition) is 5.